The first-order valence-electron chi connectivity index (χ1n) is 4.35. The van der Waals surface area contributed by atoms with Gasteiger partial charge in [0.15, 0.2) is 0 Å². The SMILES string of the molecule is C=C(C)[C@H]1C[C@@H]1C(=O)CCC. The van der Waals surface area contributed by atoms with Gasteiger partial charge in [-0.25, -0.2) is 0 Å². The first-order chi connectivity index (χ1) is 5.16. The van der Waals surface area contributed by atoms with E-state index >= 15 is 0 Å². The van der Waals surface area contributed by atoms with Crippen LogP contribution in [0.1, 0.15) is 33.1 Å². The Hall–Kier alpha value is -0.590. The van der Waals surface area contributed by atoms with Gasteiger partial charge in [0.2, 0.25) is 0 Å². The molecular formula is C10H16O. The molecule has 1 fully saturated rings. The van der Waals surface area contributed by atoms with E-state index in [2.05, 4.69) is 13.5 Å². The molecule has 0 bridgehead atoms. The van der Waals surface area contributed by atoms with Crippen LogP contribution in [0, 0.1) is 11.8 Å². The van der Waals surface area contributed by atoms with Gasteiger partial charge in [-0.15, -0.1) is 0 Å². The lowest BCUT2D eigenvalue weighted by molar-refractivity contribution is -0.120. The number of hydrogen-bond donors (Lipinski definition) is 0. The summed E-state index contributed by atoms with van der Waals surface area (Å²) in [5.41, 5.74) is 1.18. The summed E-state index contributed by atoms with van der Waals surface area (Å²) < 4.78 is 0. The van der Waals surface area contributed by atoms with Crippen molar-refractivity contribution in [1.82, 2.24) is 0 Å². The fourth-order valence-corrected chi connectivity index (χ4v) is 1.53. The van der Waals surface area contributed by atoms with Crippen LogP contribution in [0.3, 0.4) is 0 Å². The quantitative estimate of drug-likeness (QED) is 0.566. The number of ketones is 1. The number of Topliss-reactive ketones (excluding diaryl/α,β-unsaturated/α-hetero) is 1. The molecule has 0 N–H and O–H groups in total. The predicted octanol–water partition coefficient (Wildman–Crippen LogP) is 2.57. The summed E-state index contributed by atoms with van der Waals surface area (Å²) in [6.45, 7) is 7.93. The van der Waals surface area contributed by atoms with Gasteiger partial charge in [-0.2, -0.15) is 0 Å². The lowest BCUT2D eigenvalue weighted by atomic mass is 10.1. The average molecular weight is 152 g/mol. The largest absolute Gasteiger partial charge is 0.299 e. The first-order valence-corrected chi connectivity index (χ1v) is 4.35. The van der Waals surface area contributed by atoms with Gasteiger partial charge >= 0.3 is 0 Å². The maximum Gasteiger partial charge on any atom is 0.136 e. The normalized spacial score (nSPS) is 28.2. The molecule has 0 unspecified atom stereocenters. The third kappa shape index (κ3) is 1.92. The van der Waals surface area contributed by atoms with Crippen molar-refractivity contribution in [3.05, 3.63) is 12.2 Å². The molecule has 0 saturated heterocycles. The summed E-state index contributed by atoms with van der Waals surface area (Å²) in [6.07, 6.45) is 2.81. The van der Waals surface area contributed by atoms with Crippen LogP contribution in [-0.2, 0) is 4.79 Å². The van der Waals surface area contributed by atoms with Crippen molar-refractivity contribution in [2.24, 2.45) is 11.8 Å². The molecule has 0 amide bonds. The molecule has 1 rings (SSSR count). The molecule has 1 saturated carbocycles. The Morgan fingerprint density at radius 2 is 2.18 bits per heavy atom. The number of carbonyl (C=O) groups excluding carboxylic acids is 1. The molecule has 11 heavy (non-hydrogen) atoms. The molecule has 1 aliphatic carbocycles. The Morgan fingerprint density at radius 3 is 2.55 bits per heavy atom. The standard InChI is InChI=1S/C10H16O/c1-4-5-10(11)9-6-8(9)7(2)3/h8-9H,2,4-6H2,1,3H3/t8-,9+/m1/s1. The highest BCUT2D eigenvalue weighted by molar-refractivity contribution is 5.84. The van der Waals surface area contributed by atoms with Crippen molar-refractivity contribution in [1.29, 1.82) is 0 Å². The molecule has 62 valence electrons. The van der Waals surface area contributed by atoms with Gasteiger partial charge in [-0.1, -0.05) is 19.1 Å². The van der Waals surface area contributed by atoms with E-state index in [1.54, 1.807) is 0 Å². The number of rotatable bonds is 4. The van der Waals surface area contributed by atoms with Crippen molar-refractivity contribution >= 4 is 5.78 Å². The zero-order chi connectivity index (χ0) is 8.43. The van der Waals surface area contributed by atoms with Crippen molar-refractivity contribution in [2.45, 2.75) is 33.1 Å². The molecule has 1 aliphatic rings. The second-order valence-corrected chi connectivity index (χ2v) is 3.51. The zero-order valence-electron chi connectivity index (χ0n) is 7.39. The Labute approximate surface area is 68.5 Å². The highest BCUT2D eigenvalue weighted by Gasteiger charge is 2.41. The first kappa shape index (κ1) is 8.51. The number of allylic oxidation sites excluding steroid dienone is 1. The summed E-state index contributed by atoms with van der Waals surface area (Å²) in [5.74, 6) is 1.31. The van der Waals surface area contributed by atoms with Crippen LogP contribution in [0.25, 0.3) is 0 Å². The molecule has 0 heterocycles. The summed E-state index contributed by atoms with van der Waals surface area (Å²) in [4.78, 5) is 11.3. The molecule has 1 nitrogen and oxygen atoms in total. The summed E-state index contributed by atoms with van der Waals surface area (Å²) in [7, 11) is 0. The fourth-order valence-electron chi connectivity index (χ4n) is 1.53. The summed E-state index contributed by atoms with van der Waals surface area (Å²) in [6, 6.07) is 0. The van der Waals surface area contributed by atoms with Gasteiger partial charge in [0.05, 0.1) is 0 Å². The maximum absolute atomic E-state index is 11.3. The Morgan fingerprint density at radius 1 is 1.55 bits per heavy atom. The number of carbonyl (C=O) groups is 1. The number of hydrogen-bond acceptors (Lipinski definition) is 1. The van der Waals surface area contributed by atoms with Crippen molar-refractivity contribution in [3.63, 3.8) is 0 Å². The van der Waals surface area contributed by atoms with E-state index in [1.807, 2.05) is 6.92 Å². The molecule has 0 aromatic heterocycles. The Kier molecular flexibility index (Phi) is 2.48. The van der Waals surface area contributed by atoms with Crippen LogP contribution in [-0.4, -0.2) is 5.78 Å². The topological polar surface area (TPSA) is 17.1 Å². The van der Waals surface area contributed by atoms with E-state index in [-0.39, 0.29) is 0 Å². The van der Waals surface area contributed by atoms with E-state index in [0.717, 1.165) is 19.3 Å². The maximum atomic E-state index is 11.3. The van der Waals surface area contributed by atoms with Gasteiger partial charge in [0.1, 0.15) is 5.78 Å². The lowest BCUT2D eigenvalue weighted by Gasteiger charge is -1.96. The monoisotopic (exact) mass is 152 g/mol. The third-order valence-corrected chi connectivity index (χ3v) is 2.33. The predicted molar refractivity (Wildman–Crippen MR) is 46.3 cm³/mol. The van der Waals surface area contributed by atoms with Crippen molar-refractivity contribution < 1.29 is 4.79 Å². The summed E-state index contributed by atoms with van der Waals surface area (Å²) >= 11 is 0. The van der Waals surface area contributed by atoms with Gasteiger partial charge in [-0.3, -0.25) is 4.79 Å². The van der Waals surface area contributed by atoms with Crippen molar-refractivity contribution in [2.75, 3.05) is 0 Å². The minimum absolute atomic E-state index is 0.340. The smallest absolute Gasteiger partial charge is 0.136 e. The van der Waals surface area contributed by atoms with E-state index in [9.17, 15) is 4.79 Å². The van der Waals surface area contributed by atoms with Crippen LogP contribution in [0.15, 0.2) is 12.2 Å². The molecule has 2 atom stereocenters. The van der Waals surface area contributed by atoms with Crippen LogP contribution >= 0.6 is 0 Å². The van der Waals surface area contributed by atoms with Crippen LogP contribution in [0.5, 0.6) is 0 Å². The highest BCUT2D eigenvalue weighted by atomic mass is 16.1. The van der Waals surface area contributed by atoms with E-state index in [1.165, 1.54) is 5.57 Å². The van der Waals surface area contributed by atoms with Crippen molar-refractivity contribution in [3.8, 4) is 0 Å². The van der Waals surface area contributed by atoms with E-state index in [4.69, 9.17) is 0 Å². The fraction of sp³-hybridized carbons (Fsp3) is 0.700. The van der Waals surface area contributed by atoms with Gasteiger partial charge in [-0.05, 0) is 25.7 Å². The van der Waals surface area contributed by atoms with E-state index in [0.29, 0.717) is 17.6 Å². The second kappa shape index (κ2) is 3.21. The molecule has 1 heteroatoms. The third-order valence-electron chi connectivity index (χ3n) is 2.33. The van der Waals surface area contributed by atoms with Gasteiger partial charge < -0.3 is 0 Å². The summed E-state index contributed by atoms with van der Waals surface area (Å²) in [5, 5.41) is 0. The molecule has 0 aliphatic heterocycles. The van der Waals surface area contributed by atoms with Gasteiger partial charge in [0, 0.05) is 12.3 Å². The second-order valence-electron chi connectivity index (χ2n) is 3.51. The van der Waals surface area contributed by atoms with Crippen LogP contribution in [0.2, 0.25) is 0 Å². The molecule has 0 aromatic rings. The minimum Gasteiger partial charge on any atom is -0.299 e. The Balaban J connectivity index is 2.32. The molecule has 0 aromatic carbocycles. The minimum atomic E-state index is 0.340. The lowest BCUT2D eigenvalue weighted by Crippen LogP contribution is -2.01. The van der Waals surface area contributed by atoms with Crippen LogP contribution < -0.4 is 0 Å². The molecule has 0 spiro atoms. The molecule has 0 radical (unpaired) electrons. The van der Waals surface area contributed by atoms with Crippen LogP contribution in [0.4, 0.5) is 0 Å². The van der Waals surface area contributed by atoms with Gasteiger partial charge in [0.25, 0.3) is 0 Å². The average Bonchev–Trinajstić information content (AvgIpc) is 2.65. The zero-order valence-corrected chi connectivity index (χ0v) is 7.39. The molecular weight excluding hydrogens is 136 g/mol. The Bertz CT molecular complexity index is 181. The highest BCUT2D eigenvalue weighted by Crippen LogP contribution is 2.44. The van der Waals surface area contributed by atoms with E-state index < -0.39 is 0 Å².